The molecule has 0 aromatic carbocycles. The molecule has 0 aromatic heterocycles. The Morgan fingerprint density at radius 1 is 1.38 bits per heavy atom. The maximum atomic E-state index is 3.83. The molecule has 16 heavy (non-hydrogen) atoms. The minimum Gasteiger partial charge on any atom is -0.313 e. The third-order valence-corrected chi connectivity index (χ3v) is 4.79. The lowest BCUT2D eigenvalue weighted by Crippen LogP contribution is -2.51. The van der Waals surface area contributed by atoms with Crippen LogP contribution in [0.25, 0.3) is 0 Å². The first kappa shape index (κ1) is 12.4. The zero-order valence-corrected chi connectivity index (χ0v) is 11.3. The zero-order chi connectivity index (χ0) is 11.6. The quantitative estimate of drug-likeness (QED) is 0.789. The summed E-state index contributed by atoms with van der Waals surface area (Å²) < 4.78 is 0. The second kappa shape index (κ2) is 5.05. The van der Waals surface area contributed by atoms with E-state index in [2.05, 4.69) is 31.0 Å². The molecule has 0 spiro atoms. The van der Waals surface area contributed by atoms with Crippen molar-refractivity contribution in [3.63, 3.8) is 0 Å². The molecule has 1 N–H and O–H groups in total. The Kier molecular flexibility index (Phi) is 3.91. The van der Waals surface area contributed by atoms with Gasteiger partial charge in [-0.1, -0.05) is 27.2 Å². The van der Waals surface area contributed by atoms with Crippen LogP contribution in [0.4, 0.5) is 0 Å². The predicted molar refractivity (Wildman–Crippen MR) is 69.6 cm³/mol. The molecule has 2 nitrogen and oxygen atoms in total. The maximum absolute atomic E-state index is 3.83. The van der Waals surface area contributed by atoms with Crippen LogP contribution in [0.5, 0.6) is 0 Å². The molecule has 0 bridgehead atoms. The standard InChI is InChI=1S/C14H28N2/c1-4-16-9-6-13(12(2)10-16)15-11-14(3)7-5-8-14/h12-13,15H,4-11H2,1-3H3. The topological polar surface area (TPSA) is 15.3 Å². The SMILES string of the molecule is CCN1CCC(NCC2(C)CCC2)C(C)C1. The van der Waals surface area contributed by atoms with Gasteiger partial charge in [0.1, 0.15) is 0 Å². The van der Waals surface area contributed by atoms with Crippen LogP contribution in [0.2, 0.25) is 0 Å². The first-order chi connectivity index (χ1) is 7.63. The van der Waals surface area contributed by atoms with Gasteiger partial charge in [-0.15, -0.1) is 0 Å². The van der Waals surface area contributed by atoms with Gasteiger partial charge in [0.25, 0.3) is 0 Å². The van der Waals surface area contributed by atoms with Crippen LogP contribution < -0.4 is 5.32 Å². The van der Waals surface area contributed by atoms with E-state index in [4.69, 9.17) is 0 Å². The van der Waals surface area contributed by atoms with Crippen molar-refractivity contribution in [1.29, 1.82) is 0 Å². The Labute approximate surface area is 101 Å². The van der Waals surface area contributed by atoms with Crippen LogP contribution in [-0.4, -0.2) is 37.1 Å². The van der Waals surface area contributed by atoms with Gasteiger partial charge in [0.2, 0.25) is 0 Å². The Morgan fingerprint density at radius 2 is 2.12 bits per heavy atom. The number of hydrogen-bond donors (Lipinski definition) is 1. The maximum Gasteiger partial charge on any atom is 0.0117 e. The highest BCUT2D eigenvalue weighted by molar-refractivity contribution is 4.89. The van der Waals surface area contributed by atoms with Gasteiger partial charge >= 0.3 is 0 Å². The molecule has 94 valence electrons. The molecule has 2 fully saturated rings. The third kappa shape index (κ3) is 2.78. The molecule has 1 saturated carbocycles. The molecular weight excluding hydrogens is 196 g/mol. The summed E-state index contributed by atoms with van der Waals surface area (Å²) in [7, 11) is 0. The van der Waals surface area contributed by atoms with E-state index in [-0.39, 0.29) is 0 Å². The smallest absolute Gasteiger partial charge is 0.0117 e. The van der Waals surface area contributed by atoms with E-state index in [1.165, 1.54) is 51.9 Å². The molecule has 2 unspecified atom stereocenters. The molecule has 0 aromatic rings. The molecule has 2 aliphatic rings. The van der Waals surface area contributed by atoms with Crippen LogP contribution >= 0.6 is 0 Å². The Morgan fingerprint density at radius 3 is 2.62 bits per heavy atom. The largest absolute Gasteiger partial charge is 0.313 e. The number of hydrogen-bond acceptors (Lipinski definition) is 2. The average Bonchev–Trinajstić information content (AvgIpc) is 2.25. The summed E-state index contributed by atoms with van der Waals surface area (Å²) in [5, 5.41) is 3.83. The molecule has 1 aliphatic carbocycles. The summed E-state index contributed by atoms with van der Waals surface area (Å²) in [6, 6.07) is 0.764. The second-order valence-corrected chi connectivity index (χ2v) is 6.31. The van der Waals surface area contributed by atoms with Crippen LogP contribution in [0, 0.1) is 11.3 Å². The number of likely N-dealkylation sites (tertiary alicyclic amines) is 1. The summed E-state index contributed by atoms with van der Waals surface area (Å²) in [5.74, 6) is 0.817. The van der Waals surface area contributed by atoms with Crippen molar-refractivity contribution in [2.45, 2.75) is 52.5 Å². The minimum absolute atomic E-state index is 0.627. The Balaban J connectivity index is 1.73. The second-order valence-electron chi connectivity index (χ2n) is 6.31. The highest BCUT2D eigenvalue weighted by Crippen LogP contribution is 2.39. The number of nitrogens with one attached hydrogen (secondary N) is 1. The van der Waals surface area contributed by atoms with Crippen LogP contribution in [0.1, 0.15) is 46.5 Å². The van der Waals surface area contributed by atoms with E-state index in [1.54, 1.807) is 0 Å². The minimum atomic E-state index is 0.627. The van der Waals surface area contributed by atoms with Gasteiger partial charge in [0, 0.05) is 19.1 Å². The van der Waals surface area contributed by atoms with Gasteiger partial charge in [-0.3, -0.25) is 0 Å². The van der Waals surface area contributed by atoms with E-state index in [9.17, 15) is 0 Å². The van der Waals surface area contributed by atoms with Gasteiger partial charge in [-0.2, -0.15) is 0 Å². The lowest BCUT2D eigenvalue weighted by Gasteiger charge is -2.42. The van der Waals surface area contributed by atoms with E-state index in [0.717, 1.165) is 12.0 Å². The zero-order valence-electron chi connectivity index (χ0n) is 11.3. The van der Waals surface area contributed by atoms with Crippen LogP contribution in [0.3, 0.4) is 0 Å². The van der Waals surface area contributed by atoms with E-state index >= 15 is 0 Å². The van der Waals surface area contributed by atoms with Crippen molar-refractivity contribution >= 4 is 0 Å². The summed E-state index contributed by atoms with van der Waals surface area (Å²) in [5.41, 5.74) is 0.627. The van der Waals surface area contributed by atoms with Crippen molar-refractivity contribution in [3.8, 4) is 0 Å². The first-order valence-corrected chi connectivity index (χ1v) is 7.09. The lowest BCUT2D eigenvalue weighted by atomic mass is 9.70. The van der Waals surface area contributed by atoms with Gasteiger partial charge in [0.05, 0.1) is 0 Å². The molecule has 1 saturated heterocycles. The van der Waals surface area contributed by atoms with E-state index in [1.807, 2.05) is 0 Å². The highest BCUT2D eigenvalue weighted by Gasteiger charge is 2.33. The fourth-order valence-corrected chi connectivity index (χ4v) is 3.16. The van der Waals surface area contributed by atoms with Crippen molar-refractivity contribution in [3.05, 3.63) is 0 Å². The van der Waals surface area contributed by atoms with E-state index < -0.39 is 0 Å². The van der Waals surface area contributed by atoms with Crippen molar-refractivity contribution in [2.24, 2.45) is 11.3 Å². The van der Waals surface area contributed by atoms with Gasteiger partial charge in [-0.25, -0.2) is 0 Å². The third-order valence-electron chi connectivity index (χ3n) is 4.79. The summed E-state index contributed by atoms with van der Waals surface area (Å²) in [6.45, 7) is 12.1. The summed E-state index contributed by atoms with van der Waals surface area (Å²) in [6.07, 6.45) is 5.65. The van der Waals surface area contributed by atoms with Crippen molar-refractivity contribution in [2.75, 3.05) is 26.2 Å². The van der Waals surface area contributed by atoms with Crippen molar-refractivity contribution in [1.82, 2.24) is 10.2 Å². The lowest BCUT2D eigenvalue weighted by molar-refractivity contribution is 0.113. The fraction of sp³-hybridized carbons (Fsp3) is 1.00. The normalized spacial score (nSPS) is 34.7. The number of piperidine rings is 1. The summed E-state index contributed by atoms with van der Waals surface area (Å²) in [4.78, 5) is 2.58. The monoisotopic (exact) mass is 224 g/mol. The number of rotatable bonds is 4. The average molecular weight is 224 g/mol. The molecule has 2 rings (SSSR count). The van der Waals surface area contributed by atoms with Crippen molar-refractivity contribution < 1.29 is 0 Å². The molecule has 1 heterocycles. The van der Waals surface area contributed by atoms with Gasteiger partial charge < -0.3 is 10.2 Å². The summed E-state index contributed by atoms with van der Waals surface area (Å²) >= 11 is 0. The Bertz CT molecular complexity index is 223. The number of nitrogens with zero attached hydrogens (tertiary/aromatic N) is 1. The molecular formula is C14H28N2. The molecule has 0 amide bonds. The molecule has 0 radical (unpaired) electrons. The molecule has 2 heteroatoms. The predicted octanol–water partition coefficient (Wildman–Crippen LogP) is 2.50. The van der Waals surface area contributed by atoms with Gasteiger partial charge in [0.15, 0.2) is 0 Å². The fourth-order valence-electron chi connectivity index (χ4n) is 3.16. The molecule has 2 atom stereocenters. The highest BCUT2D eigenvalue weighted by atomic mass is 15.1. The van der Waals surface area contributed by atoms with E-state index in [0.29, 0.717) is 5.41 Å². The van der Waals surface area contributed by atoms with Crippen LogP contribution in [-0.2, 0) is 0 Å². The first-order valence-electron chi connectivity index (χ1n) is 7.09. The Hall–Kier alpha value is -0.0800. The van der Waals surface area contributed by atoms with Gasteiger partial charge in [-0.05, 0) is 43.7 Å². The molecule has 1 aliphatic heterocycles. The van der Waals surface area contributed by atoms with Crippen LogP contribution in [0.15, 0.2) is 0 Å².